The van der Waals surface area contributed by atoms with Gasteiger partial charge in [-0.2, -0.15) is 9.97 Å². The third-order valence-electron chi connectivity index (χ3n) is 9.10. The molecule has 0 saturated carbocycles. The highest BCUT2D eigenvalue weighted by Gasteiger charge is 2.16. The Kier molecular flexibility index (Phi) is 13.8. The number of hydrogen-bond acceptors (Lipinski definition) is 11. The average molecular weight is 836 g/mol. The van der Waals surface area contributed by atoms with Gasteiger partial charge in [-0.1, -0.05) is 54.6 Å². The number of anilines is 3. The molecule has 3 amide bonds. The summed E-state index contributed by atoms with van der Waals surface area (Å²) in [4.78, 5) is 87.3. The van der Waals surface area contributed by atoms with Crippen LogP contribution in [0.3, 0.4) is 0 Å². The van der Waals surface area contributed by atoms with Gasteiger partial charge in [0.25, 0.3) is 23.3 Å². The summed E-state index contributed by atoms with van der Waals surface area (Å²) in [7, 11) is 0. The fourth-order valence-electron chi connectivity index (χ4n) is 5.88. The Balaban J connectivity index is 0.000000156. The number of nitrogens with one attached hydrogen (secondary N) is 4. The molecule has 3 aromatic carbocycles. The van der Waals surface area contributed by atoms with E-state index in [0.29, 0.717) is 39.3 Å². The van der Waals surface area contributed by atoms with Crippen molar-refractivity contribution in [2.45, 2.75) is 59.7 Å². The van der Waals surface area contributed by atoms with Crippen LogP contribution >= 0.6 is 0 Å². The monoisotopic (exact) mass is 835 g/mol. The zero-order valence-corrected chi connectivity index (χ0v) is 34.8. The SMILES string of the molecule is CC(C)n1ccc(NC(=O)c2ccccc2)nc1=O.CC(C)n1cnc2c(=O)[nH]c(NC(=O)c3ccccc3)nc21.CC(C)n1cnc2c(NC(=O)c3ccccc3)ncnc21. The summed E-state index contributed by atoms with van der Waals surface area (Å²) in [6.45, 7) is 11.8. The Morgan fingerprint density at radius 2 is 1.02 bits per heavy atom. The van der Waals surface area contributed by atoms with Gasteiger partial charge >= 0.3 is 5.69 Å². The molecule has 4 N–H and O–H groups in total. The van der Waals surface area contributed by atoms with Gasteiger partial charge in [-0.05, 0) is 84.0 Å². The number of H-pyrrole nitrogens is 1. The molecule has 18 heteroatoms. The molecule has 5 aromatic heterocycles. The molecule has 0 aliphatic rings. The molecule has 5 heterocycles. The molecular formula is C44H45N13O5. The summed E-state index contributed by atoms with van der Waals surface area (Å²) in [5.74, 6) is -0.0408. The highest BCUT2D eigenvalue weighted by molar-refractivity contribution is 6.07. The maximum Gasteiger partial charge on any atom is 0.349 e. The number of fused-ring (bicyclic) bond motifs is 2. The lowest BCUT2D eigenvalue weighted by molar-refractivity contribution is 0.101. The van der Waals surface area contributed by atoms with Crippen LogP contribution in [0.4, 0.5) is 17.6 Å². The van der Waals surface area contributed by atoms with Crippen molar-refractivity contribution in [3.05, 3.63) is 160 Å². The minimum absolute atomic E-state index is 0.0406. The number of nitrogens with zero attached hydrogens (tertiary/aromatic N) is 9. The standard InChI is InChI=1S/C15H15N5O2.C15H15N5O.C14H15N3O2/c1-9(2)20-8-16-11-12(20)17-15(19-14(11)22)18-13(21)10-6-4-3-5-7-10;1-10(2)20-9-18-12-13(16-8-17-14(12)20)19-15(21)11-6-4-3-5-7-11;1-10(2)17-9-8-12(16-14(17)19)15-13(18)11-6-4-3-5-7-11/h3-9H,1-2H3,(H2,17,18,19,21,22);3-10H,1-2H3,(H,16,17,19,21);3-10H,1-2H3,(H,15,16,18,19). The maximum atomic E-state index is 12.2. The molecule has 0 saturated heterocycles. The number of benzene rings is 3. The summed E-state index contributed by atoms with van der Waals surface area (Å²) < 4.78 is 5.22. The van der Waals surface area contributed by atoms with Gasteiger partial charge in [-0.3, -0.25) is 34.0 Å². The summed E-state index contributed by atoms with van der Waals surface area (Å²) in [5, 5.41) is 7.99. The van der Waals surface area contributed by atoms with E-state index >= 15 is 0 Å². The molecule has 0 aliphatic carbocycles. The molecule has 0 atom stereocenters. The van der Waals surface area contributed by atoms with Crippen molar-refractivity contribution in [1.82, 2.24) is 48.6 Å². The van der Waals surface area contributed by atoms with Crippen LogP contribution in [0.15, 0.2) is 132 Å². The van der Waals surface area contributed by atoms with Crippen molar-refractivity contribution >= 4 is 57.6 Å². The normalized spacial score (nSPS) is 10.9. The first-order valence-electron chi connectivity index (χ1n) is 19.6. The lowest BCUT2D eigenvalue weighted by Gasteiger charge is -2.09. The van der Waals surface area contributed by atoms with E-state index in [0.717, 1.165) is 0 Å². The van der Waals surface area contributed by atoms with Crippen LogP contribution in [0.25, 0.3) is 22.3 Å². The number of hydrogen-bond donors (Lipinski definition) is 4. The summed E-state index contributed by atoms with van der Waals surface area (Å²) >= 11 is 0. The number of carbonyl (C=O) groups excluding carboxylic acids is 3. The molecule has 0 spiro atoms. The van der Waals surface area contributed by atoms with Gasteiger partial charge in [0, 0.05) is 41.0 Å². The highest BCUT2D eigenvalue weighted by atomic mass is 16.2. The van der Waals surface area contributed by atoms with E-state index < -0.39 is 0 Å². The second kappa shape index (κ2) is 19.7. The molecule has 0 fully saturated rings. The molecule has 8 rings (SSSR count). The van der Waals surface area contributed by atoms with E-state index in [1.54, 1.807) is 90.1 Å². The second-order valence-electron chi connectivity index (χ2n) is 14.5. The smallest absolute Gasteiger partial charge is 0.313 e. The molecular weight excluding hydrogens is 791 g/mol. The van der Waals surface area contributed by atoms with E-state index in [4.69, 9.17) is 0 Å². The van der Waals surface area contributed by atoms with E-state index in [9.17, 15) is 24.0 Å². The molecule has 316 valence electrons. The quantitative estimate of drug-likeness (QED) is 0.120. The predicted octanol–water partition coefficient (Wildman–Crippen LogP) is 6.69. The van der Waals surface area contributed by atoms with Gasteiger partial charge in [-0.15, -0.1) is 0 Å². The number of imidazole rings is 2. The third kappa shape index (κ3) is 10.5. The van der Waals surface area contributed by atoms with Crippen LogP contribution in [0, 0.1) is 0 Å². The van der Waals surface area contributed by atoms with Crippen molar-refractivity contribution in [2.24, 2.45) is 0 Å². The number of aromatic amines is 1. The van der Waals surface area contributed by atoms with Crippen LogP contribution in [-0.2, 0) is 0 Å². The van der Waals surface area contributed by atoms with Crippen LogP contribution in [0.1, 0.15) is 90.7 Å². The van der Waals surface area contributed by atoms with E-state index in [2.05, 4.69) is 50.8 Å². The van der Waals surface area contributed by atoms with Gasteiger partial charge < -0.3 is 19.8 Å². The van der Waals surface area contributed by atoms with Gasteiger partial charge in [0.15, 0.2) is 28.1 Å². The molecule has 62 heavy (non-hydrogen) atoms. The first-order chi connectivity index (χ1) is 29.8. The highest BCUT2D eigenvalue weighted by Crippen LogP contribution is 2.21. The number of carbonyl (C=O) groups is 3. The second-order valence-corrected chi connectivity index (χ2v) is 14.5. The minimum Gasteiger partial charge on any atom is -0.313 e. The van der Waals surface area contributed by atoms with Gasteiger partial charge in [0.05, 0.1) is 12.7 Å². The number of amides is 3. The summed E-state index contributed by atoms with van der Waals surface area (Å²) in [5.41, 5.74) is 2.84. The van der Waals surface area contributed by atoms with E-state index in [1.807, 2.05) is 76.4 Å². The van der Waals surface area contributed by atoms with Gasteiger partial charge in [0.2, 0.25) is 5.95 Å². The lowest BCUT2D eigenvalue weighted by atomic mass is 10.2. The molecule has 0 aliphatic heterocycles. The van der Waals surface area contributed by atoms with Gasteiger partial charge in [0.1, 0.15) is 12.1 Å². The van der Waals surface area contributed by atoms with Crippen molar-refractivity contribution in [2.75, 3.05) is 16.0 Å². The Labute approximate surface area is 355 Å². The van der Waals surface area contributed by atoms with Crippen molar-refractivity contribution in [1.29, 1.82) is 0 Å². The van der Waals surface area contributed by atoms with Crippen molar-refractivity contribution in [3.8, 4) is 0 Å². The molecule has 0 unspecified atom stereocenters. The van der Waals surface area contributed by atoms with E-state index in [-0.39, 0.29) is 64.4 Å². The van der Waals surface area contributed by atoms with Crippen LogP contribution < -0.4 is 27.2 Å². The Hall–Kier alpha value is -8.15. The fourth-order valence-corrected chi connectivity index (χ4v) is 5.88. The zero-order valence-electron chi connectivity index (χ0n) is 34.8. The van der Waals surface area contributed by atoms with Gasteiger partial charge in [-0.25, -0.2) is 24.7 Å². The summed E-state index contributed by atoms with van der Waals surface area (Å²) in [6, 6.07) is 28.5. The first-order valence-corrected chi connectivity index (χ1v) is 19.6. The first kappa shape index (κ1) is 43.4. The Morgan fingerprint density at radius 1 is 0.532 bits per heavy atom. The maximum absolute atomic E-state index is 12.2. The Bertz CT molecular complexity index is 2920. The topological polar surface area (TPSA) is 229 Å². The fraction of sp³-hybridized carbons (Fsp3) is 0.205. The lowest BCUT2D eigenvalue weighted by Crippen LogP contribution is -2.25. The Morgan fingerprint density at radius 3 is 1.53 bits per heavy atom. The largest absolute Gasteiger partial charge is 0.349 e. The predicted molar refractivity (Wildman–Crippen MR) is 236 cm³/mol. The molecule has 18 nitrogen and oxygen atoms in total. The van der Waals surface area contributed by atoms with Crippen LogP contribution in [0.5, 0.6) is 0 Å². The molecule has 0 bridgehead atoms. The van der Waals surface area contributed by atoms with Crippen molar-refractivity contribution in [3.63, 3.8) is 0 Å². The zero-order chi connectivity index (χ0) is 44.3. The van der Waals surface area contributed by atoms with Crippen molar-refractivity contribution < 1.29 is 14.4 Å². The average Bonchev–Trinajstić information content (AvgIpc) is 3.91. The van der Waals surface area contributed by atoms with E-state index in [1.165, 1.54) is 10.9 Å². The molecule has 8 aromatic rings. The summed E-state index contributed by atoms with van der Waals surface area (Å²) in [6.07, 6.45) is 6.34. The number of aromatic nitrogens is 10. The molecule has 0 radical (unpaired) electrons. The van der Waals surface area contributed by atoms with Crippen LogP contribution in [-0.4, -0.2) is 66.3 Å². The third-order valence-corrected chi connectivity index (χ3v) is 9.10. The van der Waals surface area contributed by atoms with Crippen LogP contribution in [0.2, 0.25) is 0 Å². The minimum atomic E-state index is -0.382. The number of rotatable bonds is 9.